The van der Waals surface area contributed by atoms with Crippen LogP contribution in [0.1, 0.15) is 43.0 Å². The molecule has 1 aromatic heterocycles. The Kier molecular flexibility index (Phi) is 6.89. The van der Waals surface area contributed by atoms with E-state index in [1.807, 2.05) is 11.3 Å². The van der Waals surface area contributed by atoms with Crippen LogP contribution in [0.4, 0.5) is 0 Å². The molecule has 1 saturated carbocycles. The van der Waals surface area contributed by atoms with Crippen molar-refractivity contribution in [3.63, 3.8) is 0 Å². The van der Waals surface area contributed by atoms with Gasteiger partial charge < -0.3 is 15.5 Å². The summed E-state index contributed by atoms with van der Waals surface area (Å²) < 4.78 is 0. The summed E-state index contributed by atoms with van der Waals surface area (Å²) in [6.45, 7) is 5.44. The molecule has 0 bridgehead atoms. The molecule has 1 unspecified atom stereocenters. The van der Waals surface area contributed by atoms with Crippen LogP contribution in [0.5, 0.6) is 0 Å². The molecule has 2 N–H and O–H groups in total. The van der Waals surface area contributed by atoms with Gasteiger partial charge in [0.15, 0.2) is 5.11 Å². The number of rotatable bonds is 5. The predicted octanol–water partition coefficient (Wildman–Crippen LogP) is 2.83. The summed E-state index contributed by atoms with van der Waals surface area (Å²) in [5.41, 5.74) is 0. The summed E-state index contributed by atoms with van der Waals surface area (Å²) in [4.78, 5) is 6.44. The molecule has 2 aliphatic rings. The maximum absolute atomic E-state index is 5.56. The highest BCUT2D eigenvalue weighted by molar-refractivity contribution is 7.80. The summed E-state index contributed by atoms with van der Waals surface area (Å²) in [7, 11) is 2.21. The minimum Gasteiger partial charge on any atom is -0.361 e. The summed E-state index contributed by atoms with van der Waals surface area (Å²) in [6.07, 6.45) is 6.56. The van der Waals surface area contributed by atoms with Gasteiger partial charge in [0, 0.05) is 43.6 Å². The van der Waals surface area contributed by atoms with Crippen LogP contribution in [0.15, 0.2) is 17.5 Å². The van der Waals surface area contributed by atoms with E-state index >= 15 is 0 Å². The number of piperazine rings is 1. The Morgan fingerprint density at radius 3 is 2.67 bits per heavy atom. The summed E-state index contributed by atoms with van der Waals surface area (Å²) in [5, 5.41) is 10.0. The van der Waals surface area contributed by atoms with E-state index in [1.54, 1.807) is 0 Å². The molecular weight excluding hydrogens is 336 g/mol. The Morgan fingerprint density at radius 1 is 1.25 bits per heavy atom. The molecule has 24 heavy (non-hydrogen) atoms. The minimum atomic E-state index is 0.421. The van der Waals surface area contributed by atoms with Crippen LogP contribution < -0.4 is 10.6 Å². The van der Waals surface area contributed by atoms with Crippen molar-refractivity contribution < 1.29 is 0 Å². The first-order valence-electron chi connectivity index (χ1n) is 9.23. The number of hydrogen-bond donors (Lipinski definition) is 2. The van der Waals surface area contributed by atoms with Crippen LogP contribution in [0.2, 0.25) is 0 Å². The Balaban J connectivity index is 1.53. The zero-order valence-electron chi connectivity index (χ0n) is 14.7. The van der Waals surface area contributed by atoms with Crippen molar-refractivity contribution in [1.29, 1.82) is 0 Å². The van der Waals surface area contributed by atoms with Gasteiger partial charge >= 0.3 is 0 Å². The highest BCUT2D eigenvalue weighted by Gasteiger charge is 2.25. The monoisotopic (exact) mass is 366 g/mol. The molecule has 6 heteroatoms. The van der Waals surface area contributed by atoms with Gasteiger partial charge in [0.05, 0.1) is 6.04 Å². The molecule has 1 atom stereocenters. The third-order valence-electron chi connectivity index (χ3n) is 5.25. The second-order valence-corrected chi connectivity index (χ2v) is 8.45. The molecule has 0 amide bonds. The van der Waals surface area contributed by atoms with Crippen molar-refractivity contribution >= 4 is 28.7 Å². The topological polar surface area (TPSA) is 30.5 Å². The van der Waals surface area contributed by atoms with Gasteiger partial charge in [-0.3, -0.25) is 4.90 Å². The minimum absolute atomic E-state index is 0.421. The van der Waals surface area contributed by atoms with Crippen LogP contribution in [0.25, 0.3) is 0 Å². The molecule has 3 rings (SSSR count). The fourth-order valence-electron chi connectivity index (χ4n) is 3.70. The van der Waals surface area contributed by atoms with Crippen molar-refractivity contribution in [2.75, 3.05) is 39.8 Å². The molecule has 1 aliphatic carbocycles. The smallest absolute Gasteiger partial charge is 0.166 e. The fraction of sp³-hybridized carbons (Fsp3) is 0.722. The number of thiophene rings is 1. The molecule has 0 aromatic carbocycles. The molecule has 1 aliphatic heterocycles. The molecule has 2 heterocycles. The molecule has 1 aromatic rings. The summed E-state index contributed by atoms with van der Waals surface area (Å²) in [6, 6.07) is 5.40. The van der Waals surface area contributed by atoms with Gasteiger partial charge in [-0.1, -0.05) is 25.3 Å². The molecule has 0 spiro atoms. The number of thiocarbonyl (C=S) groups is 1. The lowest BCUT2D eigenvalue weighted by molar-refractivity contribution is 0.114. The first-order valence-corrected chi connectivity index (χ1v) is 10.5. The summed E-state index contributed by atoms with van der Waals surface area (Å²) in [5.74, 6) is 0. The highest BCUT2D eigenvalue weighted by Crippen LogP contribution is 2.25. The number of likely N-dealkylation sites (N-methyl/N-ethyl adjacent to an activating group) is 1. The van der Waals surface area contributed by atoms with E-state index in [0.29, 0.717) is 12.1 Å². The van der Waals surface area contributed by atoms with Gasteiger partial charge in [0.25, 0.3) is 0 Å². The predicted molar refractivity (Wildman–Crippen MR) is 107 cm³/mol. The van der Waals surface area contributed by atoms with Gasteiger partial charge in [0.2, 0.25) is 0 Å². The molecule has 134 valence electrons. The van der Waals surface area contributed by atoms with Crippen LogP contribution >= 0.6 is 23.6 Å². The molecular formula is C18H30N4S2. The van der Waals surface area contributed by atoms with Gasteiger partial charge in [-0.05, 0) is 43.6 Å². The van der Waals surface area contributed by atoms with Crippen LogP contribution in [0.3, 0.4) is 0 Å². The maximum atomic E-state index is 5.56. The van der Waals surface area contributed by atoms with Crippen LogP contribution in [0, 0.1) is 0 Å². The lowest BCUT2D eigenvalue weighted by Gasteiger charge is -2.38. The van der Waals surface area contributed by atoms with E-state index in [4.69, 9.17) is 12.2 Å². The second kappa shape index (κ2) is 9.13. The standard InChI is InChI=1S/C18H30N4S2/c1-21-9-11-22(12-10-21)16(17-8-5-13-24-17)14-19-18(23)20-15-6-3-2-4-7-15/h5,8,13,15-16H,2-4,6-7,9-12,14H2,1H3,(H2,19,20,23). The van der Waals surface area contributed by atoms with Gasteiger partial charge in [-0.2, -0.15) is 0 Å². The average molecular weight is 367 g/mol. The van der Waals surface area contributed by atoms with Crippen molar-refractivity contribution in [3.8, 4) is 0 Å². The zero-order chi connectivity index (χ0) is 16.8. The zero-order valence-corrected chi connectivity index (χ0v) is 16.3. The van der Waals surface area contributed by atoms with Crippen molar-refractivity contribution in [2.45, 2.75) is 44.2 Å². The van der Waals surface area contributed by atoms with E-state index in [9.17, 15) is 0 Å². The quantitative estimate of drug-likeness (QED) is 0.783. The first kappa shape index (κ1) is 18.1. The third kappa shape index (κ3) is 5.15. The number of nitrogens with one attached hydrogen (secondary N) is 2. The lowest BCUT2D eigenvalue weighted by atomic mass is 9.96. The molecule has 4 nitrogen and oxygen atoms in total. The number of hydrogen-bond acceptors (Lipinski definition) is 4. The van der Waals surface area contributed by atoms with E-state index in [2.05, 4.69) is 45.0 Å². The average Bonchev–Trinajstić information content (AvgIpc) is 3.12. The first-order chi connectivity index (χ1) is 11.7. The van der Waals surface area contributed by atoms with Crippen molar-refractivity contribution in [2.24, 2.45) is 0 Å². The fourth-order valence-corrected chi connectivity index (χ4v) is 4.81. The van der Waals surface area contributed by atoms with Gasteiger partial charge in [-0.15, -0.1) is 11.3 Å². The van der Waals surface area contributed by atoms with E-state index in [0.717, 1.165) is 37.8 Å². The Hall–Kier alpha value is -0.690. The van der Waals surface area contributed by atoms with Crippen LogP contribution in [-0.2, 0) is 0 Å². The largest absolute Gasteiger partial charge is 0.361 e. The second-order valence-electron chi connectivity index (χ2n) is 7.06. The van der Waals surface area contributed by atoms with E-state index in [1.165, 1.54) is 37.0 Å². The summed E-state index contributed by atoms with van der Waals surface area (Å²) >= 11 is 7.41. The molecule has 0 radical (unpaired) electrons. The van der Waals surface area contributed by atoms with Crippen LogP contribution in [-0.4, -0.2) is 60.7 Å². The van der Waals surface area contributed by atoms with Crippen molar-refractivity contribution in [3.05, 3.63) is 22.4 Å². The molecule has 1 saturated heterocycles. The van der Waals surface area contributed by atoms with Crippen molar-refractivity contribution in [1.82, 2.24) is 20.4 Å². The number of nitrogens with zero attached hydrogens (tertiary/aromatic N) is 2. The van der Waals surface area contributed by atoms with E-state index < -0.39 is 0 Å². The maximum Gasteiger partial charge on any atom is 0.166 e. The molecule has 2 fully saturated rings. The SMILES string of the molecule is CN1CCN(C(CNC(=S)NC2CCCCC2)c2cccs2)CC1. The third-order valence-corrected chi connectivity index (χ3v) is 6.48. The Labute approximate surface area is 155 Å². The van der Waals surface area contributed by atoms with E-state index in [-0.39, 0.29) is 0 Å². The highest BCUT2D eigenvalue weighted by atomic mass is 32.1. The van der Waals surface area contributed by atoms with Gasteiger partial charge in [-0.25, -0.2) is 0 Å². The normalized spacial score (nSPS) is 22.2. The lowest BCUT2D eigenvalue weighted by Crippen LogP contribution is -2.50. The Bertz CT molecular complexity index is 491. The Morgan fingerprint density at radius 2 is 2.00 bits per heavy atom. The van der Waals surface area contributed by atoms with Gasteiger partial charge in [0.1, 0.15) is 0 Å².